The Bertz CT molecular complexity index is 442. The largest absolute Gasteiger partial charge is 0.384 e. The summed E-state index contributed by atoms with van der Waals surface area (Å²) in [5.41, 5.74) is 2.07. The minimum atomic E-state index is -0.488. The van der Waals surface area contributed by atoms with Crippen LogP contribution in [0.5, 0.6) is 0 Å². The highest BCUT2D eigenvalue weighted by atomic mass is 127. The lowest BCUT2D eigenvalue weighted by Crippen LogP contribution is -2.04. The van der Waals surface area contributed by atoms with Crippen LogP contribution in [0.2, 0.25) is 5.02 Å². The van der Waals surface area contributed by atoms with Crippen LogP contribution in [0.25, 0.3) is 0 Å². The van der Waals surface area contributed by atoms with Crippen molar-refractivity contribution in [2.75, 3.05) is 0 Å². The highest BCUT2D eigenvalue weighted by Crippen LogP contribution is 2.31. The molecule has 0 aliphatic heterocycles. The molecule has 1 nitrogen and oxygen atoms in total. The van der Waals surface area contributed by atoms with Gasteiger partial charge in [-0.3, -0.25) is 0 Å². The van der Waals surface area contributed by atoms with Gasteiger partial charge < -0.3 is 5.11 Å². The Hall–Kier alpha value is -0.0600. The maximum Gasteiger partial charge on any atom is 0.100 e. The van der Waals surface area contributed by atoms with Gasteiger partial charge in [0.1, 0.15) is 6.10 Å². The molecule has 18 heavy (non-hydrogen) atoms. The van der Waals surface area contributed by atoms with E-state index in [0.29, 0.717) is 0 Å². The summed E-state index contributed by atoms with van der Waals surface area (Å²) >= 11 is 8.32. The van der Waals surface area contributed by atoms with Crippen LogP contribution >= 0.6 is 34.2 Å². The van der Waals surface area contributed by atoms with Crippen molar-refractivity contribution in [1.29, 1.82) is 0 Å². The van der Waals surface area contributed by atoms with E-state index in [9.17, 15) is 5.11 Å². The molecular formula is C15H18ClIO. The fourth-order valence-electron chi connectivity index (χ4n) is 2.36. The van der Waals surface area contributed by atoms with Gasteiger partial charge in [0.25, 0.3) is 0 Å². The summed E-state index contributed by atoms with van der Waals surface area (Å²) in [7, 11) is 0. The quantitative estimate of drug-likeness (QED) is 0.551. The molecule has 0 spiro atoms. The predicted octanol–water partition coefficient (Wildman–Crippen LogP) is 5.26. The highest BCUT2D eigenvalue weighted by molar-refractivity contribution is 14.1. The SMILES string of the molecule is OC(/C1=C/CCCCCC1)c1ccc(I)c(Cl)c1. The summed E-state index contributed by atoms with van der Waals surface area (Å²) in [6, 6.07) is 5.82. The van der Waals surface area contributed by atoms with Crippen LogP contribution in [0, 0.1) is 3.57 Å². The van der Waals surface area contributed by atoms with Crippen LogP contribution in [0.3, 0.4) is 0 Å². The van der Waals surface area contributed by atoms with E-state index in [1.54, 1.807) is 0 Å². The molecular weight excluding hydrogens is 359 g/mol. The molecule has 1 aromatic rings. The number of hydrogen-bond acceptors (Lipinski definition) is 1. The molecule has 0 fully saturated rings. The first-order valence-electron chi connectivity index (χ1n) is 6.50. The highest BCUT2D eigenvalue weighted by Gasteiger charge is 2.15. The molecule has 0 saturated carbocycles. The lowest BCUT2D eigenvalue weighted by Gasteiger charge is -2.18. The van der Waals surface area contributed by atoms with Crippen LogP contribution in [0.1, 0.15) is 50.2 Å². The van der Waals surface area contributed by atoms with Gasteiger partial charge in [0, 0.05) is 3.57 Å². The van der Waals surface area contributed by atoms with Crippen molar-refractivity contribution in [3.8, 4) is 0 Å². The van der Waals surface area contributed by atoms with Crippen LogP contribution < -0.4 is 0 Å². The lowest BCUT2D eigenvalue weighted by atomic mass is 9.93. The Morgan fingerprint density at radius 2 is 1.94 bits per heavy atom. The number of benzene rings is 1. The lowest BCUT2D eigenvalue weighted by molar-refractivity contribution is 0.209. The summed E-state index contributed by atoms with van der Waals surface area (Å²) in [5, 5.41) is 11.2. The molecule has 3 heteroatoms. The summed E-state index contributed by atoms with van der Waals surface area (Å²) in [6.45, 7) is 0. The number of halogens is 2. The molecule has 1 aromatic carbocycles. The van der Waals surface area contributed by atoms with Crippen molar-refractivity contribution >= 4 is 34.2 Å². The number of aliphatic hydroxyl groups excluding tert-OH is 1. The second-order valence-corrected chi connectivity index (χ2v) is 6.38. The second kappa shape index (κ2) is 6.92. The van der Waals surface area contributed by atoms with E-state index in [4.69, 9.17) is 11.6 Å². The monoisotopic (exact) mass is 376 g/mol. The third-order valence-corrected chi connectivity index (χ3v) is 5.01. The Labute approximate surface area is 127 Å². The first-order chi connectivity index (χ1) is 8.68. The molecule has 0 amide bonds. The summed E-state index contributed by atoms with van der Waals surface area (Å²) in [4.78, 5) is 0. The van der Waals surface area contributed by atoms with Gasteiger partial charge in [-0.25, -0.2) is 0 Å². The van der Waals surface area contributed by atoms with E-state index in [1.165, 1.54) is 25.7 Å². The minimum absolute atomic E-state index is 0.488. The van der Waals surface area contributed by atoms with Crippen molar-refractivity contribution in [2.24, 2.45) is 0 Å². The second-order valence-electron chi connectivity index (χ2n) is 4.81. The van der Waals surface area contributed by atoms with E-state index < -0.39 is 6.10 Å². The molecule has 0 aromatic heterocycles. The summed E-state index contributed by atoms with van der Waals surface area (Å²) < 4.78 is 1.02. The molecule has 0 radical (unpaired) electrons. The van der Waals surface area contributed by atoms with E-state index in [-0.39, 0.29) is 0 Å². The van der Waals surface area contributed by atoms with Crippen molar-refractivity contribution in [3.63, 3.8) is 0 Å². The number of allylic oxidation sites excluding steroid dienone is 1. The van der Waals surface area contributed by atoms with E-state index >= 15 is 0 Å². The molecule has 0 heterocycles. The predicted molar refractivity (Wildman–Crippen MR) is 84.9 cm³/mol. The normalized spacial score (nSPS) is 21.6. The third kappa shape index (κ3) is 3.72. The van der Waals surface area contributed by atoms with Crippen molar-refractivity contribution in [3.05, 3.63) is 44.0 Å². The molecule has 1 N–H and O–H groups in total. The van der Waals surface area contributed by atoms with E-state index in [2.05, 4.69) is 28.7 Å². The maximum atomic E-state index is 10.4. The fourth-order valence-corrected chi connectivity index (χ4v) is 2.89. The van der Waals surface area contributed by atoms with Crippen LogP contribution in [0.4, 0.5) is 0 Å². The van der Waals surface area contributed by atoms with Crippen LogP contribution in [-0.4, -0.2) is 5.11 Å². The number of hydrogen-bond donors (Lipinski definition) is 1. The Morgan fingerprint density at radius 1 is 1.17 bits per heavy atom. The molecule has 1 unspecified atom stereocenters. The zero-order valence-corrected chi connectivity index (χ0v) is 13.2. The Kier molecular flexibility index (Phi) is 5.52. The van der Waals surface area contributed by atoms with Crippen LogP contribution in [-0.2, 0) is 0 Å². The zero-order chi connectivity index (χ0) is 13.0. The average molecular weight is 377 g/mol. The topological polar surface area (TPSA) is 20.2 Å². The van der Waals surface area contributed by atoms with Gasteiger partial charge in [-0.1, -0.05) is 36.6 Å². The van der Waals surface area contributed by atoms with Crippen LogP contribution in [0.15, 0.2) is 29.8 Å². The van der Waals surface area contributed by atoms with Crippen molar-refractivity contribution < 1.29 is 5.11 Å². The molecule has 1 aliphatic rings. The number of aliphatic hydroxyl groups is 1. The molecule has 1 aliphatic carbocycles. The van der Waals surface area contributed by atoms with Gasteiger partial charge in [-0.15, -0.1) is 0 Å². The van der Waals surface area contributed by atoms with Gasteiger partial charge in [0.05, 0.1) is 5.02 Å². The standard InChI is InChI=1S/C15H18ClIO/c16-13-10-12(8-9-14(13)17)15(18)11-6-4-2-1-3-5-7-11/h6,8-10,15,18H,1-5,7H2/b11-6+. The summed E-state index contributed by atoms with van der Waals surface area (Å²) in [5.74, 6) is 0. The maximum absolute atomic E-state index is 10.4. The van der Waals surface area contributed by atoms with Gasteiger partial charge in [0.2, 0.25) is 0 Å². The first kappa shape index (κ1) is 14.4. The van der Waals surface area contributed by atoms with E-state index in [1.807, 2.05) is 18.2 Å². The van der Waals surface area contributed by atoms with Gasteiger partial charge in [0.15, 0.2) is 0 Å². The van der Waals surface area contributed by atoms with E-state index in [0.717, 1.165) is 32.6 Å². The summed E-state index contributed by atoms with van der Waals surface area (Å²) in [6.07, 6.45) is 8.83. The van der Waals surface area contributed by atoms with Gasteiger partial charge in [-0.05, 0) is 71.5 Å². The van der Waals surface area contributed by atoms with Crippen molar-refractivity contribution in [2.45, 2.75) is 44.6 Å². The molecule has 2 rings (SSSR count). The number of rotatable bonds is 2. The minimum Gasteiger partial charge on any atom is -0.384 e. The zero-order valence-electron chi connectivity index (χ0n) is 10.3. The average Bonchev–Trinajstić information content (AvgIpc) is 2.31. The molecule has 0 saturated heterocycles. The molecule has 98 valence electrons. The third-order valence-electron chi connectivity index (χ3n) is 3.44. The first-order valence-corrected chi connectivity index (χ1v) is 7.96. The van der Waals surface area contributed by atoms with Gasteiger partial charge >= 0.3 is 0 Å². The Balaban J connectivity index is 2.18. The van der Waals surface area contributed by atoms with Crippen molar-refractivity contribution in [1.82, 2.24) is 0 Å². The smallest absolute Gasteiger partial charge is 0.100 e. The van der Waals surface area contributed by atoms with Gasteiger partial charge in [-0.2, -0.15) is 0 Å². The molecule has 0 bridgehead atoms. The fraction of sp³-hybridized carbons (Fsp3) is 0.467. The Morgan fingerprint density at radius 3 is 2.72 bits per heavy atom. The molecule has 1 atom stereocenters.